The smallest absolute Gasteiger partial charge is 0.268 e. The van der Waals surface area contributed by atoms with E-state index < -0.39 is 0 Å². The lowest BCUT2D eigenvalue weighted by molar-refractivity contribution is 0.0908. The Morgan fingerprint density at radius 3 is 2.79 bits per heavy atom. The van der Waals surface area contributed by atoms with Gasteiger partial charge < -0.3 is 9.88 Å². The number of nitrogens with zero attached hydrogens (tertiary/aromatic N) is 1. The maximum absolute atomic E-state index is 11.7. The molecule has 1 N–H and O–H groups in total. The molecule has 14 heavy (non-hydrogen) atoms. The molecule has 4 heteroatoms. The van der Waals surface area contributed by atoms with Gasteiger partial charge in [-0.15, -0.1) is 0 Å². The van der Waals surface area contributed by atoms with Crippen molar-refractivity contribution in [1.82, 2.24) is 9.88 Å². The number of aryl methyl sites for hydroxylation is 1. The Morgan fingerprint density at radius 2 is 2.36 bits per heavy atom. The van der Waals surface area contributed by atoms with E-state index in [1.165, 1.54) is 6.42 Å². The maximum Gasteiger partial charge on any atom is 0.268 e. The molecule has 0 aromatic carbocycles. The van der Waals surface area contributed by atoms with E-state index >= 15 is 0 Å². The number of carbonyl (C=O) groups excluding carboxylic acids is 1. The quantitative estimate of drug-likeness (QED) is 0.832. The molecule has 3 nitrogen and oxygen atoms in total. The summed E-state index contributed by atoms with van der Waals surface area (Å²) in [6, 6.07) is 2.32. The summed E-state index contributed by atoms with van der Waals surface area (Å²) in [5.74, 6) is 0.0557. The van der Waals surface area contributed by atoms with Crippen LogP contribution in [0.4, 0.5) is 0 Å². The summed E-state index contributed by atoms with van der Waals surface area (Å²) in [5, 5.41) is 3.02. The molecule has 1 heterocycles. The van der Waals surface area contributed by atoms with Crippen molar-refractivity contribution >= 4 is 28.5 Å². The second kappa shape index (κ2) is 3.92. The number of rotatable bonds is 2. The number of carbonyl (C=O) groups is 1. The van der Waals surface area contributed by atoms with Gasteiger partial charge in [0.2, 0.25) is 0 Å². The van der Waals surface area contributed by atoms with E-state index in [-0.39, 0.29) is 5.91 Å². The number of hydrogen-bond acceptors (Lipinski definition) is 1. The topological polar surface area (TPSA) is 34.0 Å². The van der Waals surface area contributed by atoms with Crippen LogP contribution in [0, 0.1) is 3.57 Å². The Labute approximate surface area is 97.0 Å². The summed E-state index contributed by atoms with van der Waals surface area (Å²) in [6.07, 6.45) is 5.46. The molecule has 1 saturated carbocycles. The molecule has 1 aromatic rings. The van der Waals surface area contributed by atoms with Crippen LogP contribution in [-0.2, 0) is 7.05 Å². The zero-order chi connectivity index (χ0) is 10.1. The normalized spacial score (nSPS) is 16.4. The first-order valence-electron chi connectivity index (χ1n) is 4.79. The highest BCUT2D eigenvalue weighted by Gasteiger charge is 2.21. The minimum atomic E-state index is 0.0557. The Balaban J connectivity index is 2.06. The third kappa shape index (κ3) is 1.94. The zero-order valence-electron chi connectivity index (χ0n) is 8.09. The molecule has 0 atom stereocenters. The Kier molecular flexibility index (Phi) is 2.80. The average molecular weight is 304 g/mol. The van der Waals surface area contributed by atoms with Crippen LogP contribution in [0.15, 0.2) is 12.3 Å². The second-order valence-electron chi connectivity index (χ2n) is 3.76. The van der Waals surface area contributed by atoms with E-state index in [4.69, 9.17) is 0 Å². The van der Waals surface area contributed by atoms with Gasteiger partial charge in [0, 0.05) is 22.9 Å². The number of aromatic nitrogens is 1. The lowest BCUT2D eigenvalue weighted by Gasteiger charge is -2.26. The molecular weight excluding hydrogens is 291 g/mol. The fraction of sp³-hybridized carbons (Fsp3) is 0.500. The number of hydrogen-bond donors (Lipinski definition) is 1. The van der Waals surface area contributed by atoms with Crippen LogP contribution in [0.5, 0.6) is 0 Å². The molecule has 0 saturated heterocycles. The van der Waals surface area contributed by atoms with E-state index in [9.17, 15) is 4.79 Å². The SMILES string of the molecule is Cn1cc(I)cc1C(=O)NC1CCC1. The fourth-order valence-electron chi connectivity index (χ4n) is 1.56. The molecule has 0 bridgehead atoms. The molecular formula is C10H13IN2O. The third-order valence-corrected chi connectivity index (χ3v) is 3.23. The summed E-state index contributed by atoms with van der Waals surface area (Å²) in [5.41, 5.74) is 0.751. The van der Waals surface area contributed by atoms with Gasteiger partial charge >= 0.3 is 0 Å². The molecule has 1 amide bonds. The van der Waals surface area contributed by atoms with Crippen molar-refractivity contribution in [2.45, 2.75) is 25.3 Å². The Hall–Kier alpha value is -0.520. The van der Waals surface area contributed by atoms with Gasteiger partial charge in [-0.1, -0.05) is 0 Å². The summed E-state index contributed by atoms with van der Waals surface area (Å²) in [4.78, 5) is 11.7. The molecule has 1 fully saturated rings. The Morgan fingerprint density at radius 1 is 1.64 bits per heavy atom. The van der Waals surface area contributed by atoms with Crippen LogP contribution in [0.1, 0.15) is 29.8 Å². The second-order valence-corrected chi connectivity index (χ2v) is 5.00. The molecule has 2 rings (SSSR count). The van der Waals surface area contributed by atoms with Crippen LogP contribution in [0.2, 0.25) is 0 Å². The van der Waals surface area contributed by atoms with E-state index in [2.05, 4.69) is 27.9 Å². The summed E-state index contributed by atoms with van der Waals surface area (Å²) < 4.78 is 2.97. The Bertz CT molecular complexity index is 355. The van der Waals surface area contributed by atoms with Crippen molar-refractivity contribution in [3.05, 3.63) is 21.5 Å². The minimum Gasteiger partial charge on any atom is -0.348 e. The molecule has 1 aliphatic rings. The van der Waals surface area contributed by atoms with Crippen molar-refractivity contribution in [1.29, 1.82) is 0 Å². The first-order valence-corrected chi connectivity index (χ1v) is 5.87. The van der Waals surface area contributed by atoms with Gasteiger partial charge in [0.15, 0.2) is 0 Å². The monoisotopic (exact) mass is 304 g/mol. The predicted molar refractivity (Wildman–Crippen MR) is 63.2 cm³/mol. The molecule has 0 spiro atoms. The van der Waals surface area contributed by atoms with Crippen molar-refractivity contribution in [3.8, 4) is 0 Å². The fourth-order valence-corrected chi connectivity index (χ4v) is 2.27. The highest BCUT2D eigenvalue weighted by atomic mass is 127. The first-order chi connectivity index (χ1) is 6.66. The van der Waals surface area contributed by atoms with Crippen molar-refractivity contribution in [2.24, 2.45) is 7.05 Å². The van der Waals surface area contributed by atoms with Gasteiger partial charge in [-0.2, -0.15) is 0 Å². The van der Waals surface area contributed by atoms with Gasteiger partial charge in [-0.3, -0.25) is 4.79 Å². The van der Waals surface area contributed by atoms with Gasteiger partial charge in [0.05, 0.1) is 0 Å². The van der Waals surface area contributed by atoms with Crippen LogP contribution in [0.3, 0.4) is 0 Å². The molecule has 1 aromatic heterocycles. The highest BCUT2D eigenvalue weighted by Crippen LogP contribution is 2.19. The maximum atomic E-state index is 11.7. The molecule has 0 unspecified atom stereocenters. The lowest BCUT2D eigenvalue weighted by Crippen LogP contribution is -2.40. The third-order valence-electron chi connectivity index (χ3n) is 2.64. The van der Waals surface area contributed by atoms with Crippen molar-refractivity contribution < 1.29 is 4.79 Å². The van der Waals surface area contributed by atoms with Crippen LogP contribution in [-0.4, -0.2) is 16.5 Å². The van der Waals surface area contributed by atoms with Gasteiger partial charge in [0.25, 0.3) is 5.91 Å². The van der Waals surface area contributed by atoms with E-state index in [1.54, 1.807) is 0 Å². The molecule has 76 valence electrons. The summed E-state index contributed by atoms with van der Waals surface area (Å²) >= 11 is 2.22. The van der Waals surface area contributed by atoms with Crippen LogP contribution < -0.4 is 5.32 Å². The summed E-state index contributed by atoms with van der Waals surface area (Å²) in [7, 11) is 1.90. The highest BCUT2D eigenvalue weighted by molar-refractivity contribution is 14.1. The first kappa shape index (κ1) is 10.0. The summed E-state index contributed by atoms with van der Waals surface area (Å²) in [6.45, 7) is 0. The van der Waals surface area contributed by atoms with Gasteiger partial charge in [-0.05, 0) is 47.9 Å². The zero-order valence-corrected chi connectivity index (χ0v) is 10.2. The van der Waals surface area contributed by atoms with E-state index in [1.807, 2.05) is 23.9 Å². The number of amides is 1. The van der Waals surface area contributed by atoms with Crippen LogP contribution in [0.25, 0.3) is 0 Å². The predicted octanol–water partition coefficient (Wildman–Crippen LogP) is 1.91. The van der Waals surface area contributed by atoms with Gasteiger partial charge in [-0.25, -0.2) is 0 Å². The number of halogens is 1. The number of nitrogens with one attached hydrogen (secondary N) is 1. The molecule has 0 radical (unpaired) electrons. The molecule has 0 aliphatic heterocycles. The minimum absolute atomic E-state index is 0.0557. The standard InChI is InChI=1S/C10H13IN2O/c1-13-6-7(11)5-9(13)10(14)12-8-3-2-4-8/h5-6,8H,2-4H2,1H3,(H,12,14). The van der Waals surface area contributed by atoms with E-state index in [0.717, 1.165) is 22.1 Å². The van der Waals surface area contributed by atoms with Gasteiger partial charge in [0.1, 0.15) is 5.69 Å². The van der Waals surface area contributed by atoms with Crippen molar-refractivity contribution in [3.63, 3.8) is 0 Å². The largest absolute Gasteiger partial charge is 0.348 e. The molecule has 1 aliphatic carbocycles. The average Bonchev–Trinajstić information content (AvgIpc) is 2.37. The lowest BCUT2D eigenvalue weighted by atomic mass is 9.93. The van der Waals surface area contributed by atoms with E-state index in [0.29, 0.717) is 6.04 Å². The van der Waals surface area contributed by atoms with Crippen molar-refractivity contribution in [2.75, 3.05) is 0 Å². The van der Waals surface area contributed by atoms with Crippen LogP contribution >= 0.6 is 22.6 Å².